The highest BCUT2D eigenvalue weighted by molar-refractivity contribution is 5.78. The predicted molar refractivity (Wildman–Crippen MR) is 74.3 cm³/mol. The van der Waals surface area contributed by atoms with Crippen molar-refractivity contribution in [1.29, 1.82) is 0 Å². The minimum absolute atomic E-state index is 0.128. The molecule has 0 aromatic rings. The van der Waals surface area contributed by atoms with Gasteiger partial charge in [0.15, 0.2) is 0 Å². The molecule has 2 heterocycles. The summed E-state index contributed by atoms with van der Waals surface area (Å²) in [6, 6.07) is 0. The van der Waals surface area contributed by atoms with E-state index < -0.39 is 5.97 Å². The van der Waals surface area contributed by atoms with Crippen LogP contribution in [0.2, 0.25) is 0 Å². The standard InChI is InChI=1S/C15H25NO4/c17-14(5-1-3-12-6-9-20-10-7-12)16-8-2-4-13(11-16)15(18)19/h12-13H,1-11H2,(H,18,19)/t13-/m0/s1. The first-order valence-corrected chi connectivity index (χ1v) is 7.75. The van der Waals surface area contributed by atoms with Gasteiger partial charge in [-0.15, -0.1) is 0 Å². The number of ether oxygens (including phenoxy) is 1. The number of hydrogen-bond acceptors (Lipinski definition) is 3. The van der Waals surface area contributed by atoms with Crippen molar-refractivity contribution in [2.75, 3.05) is 26.3 Å². The molecule has 0 saturated carbocycles. The summed E-state index contributed by atoms with van der Waals surface area (Å²) in [7, 11) is 0. The Bertz CT molecular complexity index is 339. The van der Waals surface area contributed by atoms with E-state index in [1.807, 2.05) is 0 Å². The lowest BCUT2D eigenvalue weighted by atomic mass is 9.93. The van der Waals surface area contributed by atoms with Crippen LogP contribution in [0.3, 0.4) is 0 Å². The summed E-state index contributed by atoms with van der Waals surface area (Å²) in [6.07, 6.45) is 6.29. The quantitative estimate of drug-likeness (QED) is 0.837. The van der Waals surface area contributed by atoms with Gasteiger partial charge in [0.1, 0.15) is 0 Å². The van der Waals surface area contributed by atoms with Crippen LogP contribution in [0, 0.1) is 11.8 Å². The van der Waals surface area contributed by atoms with Crippen molar-refractivity contribution < 1.29 is 19.4 Å². The van der Waals surface area contributed by atoms with E-state index in [2.05, 4.69) is 0 Å². The molecule has 5 heteroatoms. The van der Waals surface area contributed by atoms with Crippen molar-refractivity contribution in [3.63, 3.8) is 0 Å². The highest BCUT2D eigenvalue weighted by atomic mass is 16.5. The molecule has 0 bridgehead atoms. The molecular formula is C15H25NO4. The molecule has 0 aromatic heterocycles. The number of piperidine rings is 1. The Kier molecular flexibility index (Phi) is 5.83. The average Bonchev–Trinajstić information content (AvgIpc) is 2.48. The van der Waals surface area contributed by atoms with Gasteiger partial charge >= 0.3 is 5.97 Å². The number of aliphatic carboxylic acids is 1. The molecule has 1 atom stereocenters. The molecule has 5 nitrogen and oxygen atoms in total. The van der Waals surface area contributed by atoms with Gasteiger partial charge in [-0.3, -0.25) is 9.59 Å². The molecule has 0 aromatic carbocycles. The minimum atomic E-state index is -0.773. The third kappa shape index (κ3) is 4.47. The fourth-order valence-electron chi connectivity index (χ4n) is 3.14. The second-order valence-corrected chi connectivity index (χ2v) is 5.97. The van der Waals surface area contributed by atoms with Gasteiger partial charge in [0.2, 0.25) is 5.91 Å². The number of nitrogens with zero attached hydrogens (tertiary/aromatic N) is 1. The second-order valence-electron chi connectivity index (χ2n) is 5.97. The molecule has 0 spiro atoms. The summed E-state index contributed by atoms with van der Waals surface area (Å²) in [5, 5.41) is 9.03. The molecule has 2 fully saturated rings. The van der Waals surface area contributed by atoms with Crippen molar-refractivity contribution >= 4 is 11.9 Å². The maximum atomic E-state index is 12.1. The van der Waals surface area contributed by atoms with Crippen molar-refractivity contribution in [3.8, 4) is 0 Å². The van der Waals surface area contributed by atoms with E-state index in [0.29, 0.717) is 25.3 Å². The Morgan fingerprint density at radius 2 is 1.95 bits per heavy atom. The van der Waals surface area contributed by atoms with Crippen LogP contribution in [0.15, 0.2) is 0 Å². The smallest absolute Gasteiger partial charge is 0.308 e. The lowest BCUT2D eigenvalue weighted by Crippen LogP contribution is -2.42. The molecule has 114 valence electrons. The van der Waals surface area contributed by atoms with Gasteiger partial charge in [0.25, 0.3) is 0 Å². The molecule has 2 aliphatic rings. The largest absolute Gasteiger partial charge is 0.481 e. The van der Waals surface area contributed by atoms with Crippen LogP contribution in [0.4, 0.5) is 0 Å². The fraction of sp³-hybridized carbons (Fsp3) is 0.867. The maximum Gasteiger partial charge on any atom is 0.308 e. The van der Waals surface area contributed by atoms with Gasteiger partial charge < -0.3 is 14.7 Å². The number of likely N-dealkylation sites (tertiary alicyclic amines) is 1. The van der Waals surface area contributed by atoms with Crippen LogP contribution < -0.4 is 0 Å². The molecule has 1 N–H and O–H groups in total. The number of carbonyl (C=O) groups excluding carboxylic acids is 1. The van der Waals surface area contributed by atoms with Gasteiger partial charge in [-0.2, -0.15) is 0 Å². The van der Waals surface area contributed by atoms with Crippen molar-refractivity contribution in [2.24, 2.45) is 11.8 Å². The van der Waals surface area contributed by atoms with E-state index in [0.717, 1.165) is 51.9 Å². The highest BCUT2D eigenvalue weighted by Gasteiger charge is 2.27. The summed E-state index contributed by atoms with van der Waals surface area (Å²) in [6.45, 7) is 2.82. The monoisotopic (exact) mass is 283 g/mol. The lowest BCUT2D eigenvalue weighted by Gasteiger charge is -2.31. The topological polar surface area (TPSA) is 66.8 Å². The first-order chi connectivity index (χ1) is 9.66. The van der Waals surface area contributed by atoms with Crippen LogP contribution in [0.25, 0.3) is 0 Å². The predicted octanol–water partition coefficient (Wildman–Crippen LogP) is 1.91. The van der Waals surface area contributed by atoms with E-state index in [1.165, 1.54) is 0 Å². The van der Waals surface area contributed by atoms with Crippen LogP contribution in [-0.4, -0.2) is 48.2 Å². The third-order valence-electron chi connectivity index (χ3n) is 4.47. The Morgan fingerprint density at radius 3 is 2.65 bits per heavy atom. The molecular weight excluding hydrogens is 258 g/mol. The molecule has 0 radical (unpaired) electrons. The van der Waals surface area contributed by atoms with E-state index >= 15 is 0 Å². The van der Waals surface area contributed by atoms with E-state index in [9.17, 15) is 9.59 Å². The number of carboxylic acid groups (broad SMARTS) is 1. The van der Waals surface area contributed by atoms with Gasteiger partial charge in [0.05, 0.1) is 5.92 Å². The van der Waals surface area contributed by atoms with Crippen molar-refractivity contribution in [3.05, 3.63) is 0 Å². The third-order valence-corrected chi connectivity index (χ3v) is 4.47. The normalized spacial score (nSPS) is 24.6. The van der Waals surface area contributed by atoms with Gasteiger partial charge in [-0.1, -0.05) is 0 Å². The number of carboxylic acids is 1. The SMILES string of the molecule is O=C(O)[C@H]1CCCN(C(=O)CCCC2CCOCC2)C1. The number of amides is 1. The number of carbonyl (C=O) groups is 2. The van der Waals surface area contributed by atoms with Crippen molar-refractivity contribution in [2.45, 2.75) is 44.9 Å². The molecule has 0 unspecified atom stereocenters. The van der Waals surface area contributed by atoms with Crippen LogP contribution >= 0.6 is 0 Å². The zero-order valence-electron chi connectivity index (χ0n) is 12.1. The zero-order chi connectivity index (χ0) is 14.4. The van der Waals surface area contributed by atoms with Crippen LogP contribution in [0.5, 0.6) is 0 Å². The summed E-state index contributed by atoms with van der Waals surface area (Å²) >= 11 is 0. The Balaban J connectivity index is 1.67. The number of rotatable bonds is 5. The molecule has 2 rings (SSSR count). The van der Waals surface area contributed by atoms with Crippen LogP contribution in [-0.2, 0) is 14.3 Å². The summed E-state index contributed by atoms with van der Waals surface area (Å²) in [5.74, 6) is -0.319. The zero-order valence-corrected chi connectivity index (χ0v) is 12.1. The highest BCUT2D eigenvalue weighted by Crippen LogP contribution is 2.22. The van der Waals surface area contributed by atoms with E-state index in [4.69, 9.17) is 9.84 Å². The Hall–Kier alpha value is -1.10. The Labute approximate surface area is 120 Å². The average molecular weight is 283 g/mol. The van der Waals surface area contributed by atoms with Crippen molar-refractivity contribution in [1.82, 2.24) is 4.90 Å². The summed E-state index contributed by atoms with van der Waals surface area (Å²) in [5.41, 5.74) is 0. The Morgan fingerprint density at radius 1 is 1.20 bits per heavy atom. The van der Waals surface area contributed by atoms with Gasteiger partial charge in [-0.25, -0.2) is 0 Å². The fourth-order valence-corrected chi connectivity index (χ4v) is 3.14. The molecule has 2 saturated heterocycles. The molecule has 1 amide bonds. The molecule has 0 aliphatic carbocycles. The molecule has 20 heavy (non-hydrogen) atoms. The van der Waals surface area contributed by atoms with E-state index in [1.54, 1.807) is 4.90 Å². The maximum absolute atomic E-state index is 12.1. The minimum Gasteiger partial charge on any atom is -0.481 e. The summed E-state index contributed by atoms with van der Waals surface area (Å²) < 4.78 is 5.33. The lowest BCUT2D eigenvalue weighted by molar-refractivity contribution is -0.145. The first kappa shape index (κ1) is 15.3. The van der Waals surface area contributed by atoms with E-state index in [-0.39, 0.29) is 11.8 Å². The summed E-state index contributed by atoms with van der Waals surface area (Å²) in [4.78, 5) is 24.9. The second kappa shape index (κ2) is 7.62. The first-order valence-electron chi connectivity index (χ1n) is 7.75. The van der Waals surface area contributed by atoms with Crippen LogP contribution in [0.1, 0.15) is 44.9 Å². The van der Waals surface area contributed by atoms with Gasteiger partial charge in [0, 0.05) is 32.7 Å². The van der Waals surface area contributed by atoms with Gasteiger partial charge in [-0.05, 0) is 44.4 Å². The molecule has 2 aliphatic heterocycles. The number of hydrogen-bond donors (Lipinski definition) is 1.